The molecule has 1 N–H and O–H groups in total. The number of hydrogen-bond donors (Lipinski definition) is 1. The molecule has 2 amide bonds. The molecule has 8 heteroatoms. The van der Waals surface area contributed by atoms with E-state index in [2.05, 4.69) is 20.4 Å². The smallest absolute Gasteiger partial charge is 0.293 e. The molecule has 2 aromatic heterocycles. The van der Waals surface area contributed by atoms with Crippen LogP contribution in [0.3, 0.4) is 0 Å². The zero-order valence-corrected chi connectivity index (χ0v) is 15.1. The molecule has 2 heterocycles. The second-order valence-electron chi connectivity index (χ2n) is 6.12. The lowest BCUT2D eigenvalue weighted by Crippen LogP contribution is -2.27. The Morgan fingerprint density at radius 2 is 1.85 bits per heavy atom. The number of fused-ring (bicyclic) bond motifs is 1. The van der Waals surface area contributed by atoms with E-state index >= 15 is 0 Å². The molecule has 0 atom stereocenters. The molecule has 0 saturated carbocycles. The lowest BCUT2D eigenvalue weighted by atomic mass is 10.1. The first-order valence-corrected chi connectivity index (χ1v) is 8.16. The van der Waals surface area contributed by atoms with Gasteiger partial charge in [0.25, 0.3) is 17.6 Å². The summed E-state index contributed by atoms with van der Waals surface area (Å²) in [6.45, 7) is 4.15. The van der Waals surface area contributed by atoms with Gasteiger partial charge in [-0.25, -0.2) is 9.50 Å². The standard InChI is InChI=1S/C18H20N6O2/c1-11-9-12(2)24-18(20-11)21-15(22-24)17(26)23(4)10-13-5-7-14(8-6-13)16(25)19-3/h5-9H,10H2,1-4H3,(H,19,25). The monoisotopic (exact) mass is 352 g/mol. The molecule has 3 aromatic rings. The summed E-state index contributed by atoms with van der Waals surface area (Å²) in [7, 11) is 3.27. The van der Waals surface area contributed by atoms with E-state index in [0.29, 0.717) is 17.9 Å². The SMILES string of the molecule is CNC(=O)c1ccc(CN(C)C(=O)c2nc3nc(C)cc(C)n3n2)cc1. The lowest BCUT2D eigenvalue weighted by molar-refractivity contribution is 0.0773. The molecule has 134 valence electrons. The number of aryl methyl sites for hydroxylation is 2. The van der Waals surface area contributed by atoms with E-state index in [1.165, 1.54) is 4.90 Å². The highest BCUT2D eigenvalue weighted by atomic mass is 16.2. The number of aromatic nitrogens is 4. The van der Waals surface area contributed by atoms with Crippen LogP contribution in [0, 0.1) is 13.8 Å². The molecular weight excluding hydrogens is 332 g/mol. The van der Waals surface area contributed by atoms with Crippen molar-refractivity contribution in [3.05, 3.63) is 58.7 Å². The summed E-state index contributed by atoms with van der Waals surface area (Å²) < 4.78 is 1.56. The average molecular weight is 352 g/mol. The van der Waals surface area contributed by atoms with Gasteiger partial charge < -0.3 is 10.2 Å². The number of carbonyl (C=O) groups is 2. The summed E-state index contributed by atoms with van der Waals surface area (Å²) in [6.07, 6.45) is 0. The van der Waals surface area contributed by atoms with Crippen LogP contribution in [-0.4, -0.2) is 50.4 Å². The number of carbonyl (C=O) groups excluding carboxylic acids is 2. The molecule has 1 aromatic carbocycles. The van der Waals surface area contributed by atoms with Crippen LogP contribution >= 0.6 is 0 Å². The van der Waals surface area contributed by atoms with Crippen molar-refractivity contribution in [2.45, 2.75) is 20.4 Å². The zero-order chi connectivity index (χ0) is 18.8. The number of amides is 2. The maximum absolute atomic E-state index is 12.6. The summed E-state index contributed by atoms with van der Waals surface area (Å²) in [6, 6.07) is 8.98. The van der Waals surface area contributed by atoms with E-state index in [-0.39, 0.29) is 17.6 Å². The molecular formula is C18H20N6O2. The molecule has 3 rings (SSSR count). The Morgan fingerprint density at radius 1 is 1.15 bits per heavy atom. The molecule has 0 fully saturated rings. The van der Waals surface area contributed by atoms with E-state index < -0.39 is 0 Å². The molecule has 0 saturated heterocycles. The van der Waals surface area contributed by atoms with Gasteiger partial charge in [0.2, 0.25) is 5.82 Å². The van der Waals surface area contributed by atoms with Crippen LogP contribution in [0.4, 0.5) is 0 Å². The number of hydrogen-bond acceptors (Lipinski definition) is 5. The molecule has 26 heavy (non-hydrogen) atoms. The van der Waals surface area contributed by atoms with Crippen molar-refractivity contribution >= 4 is 17.6 Å². The van der Waals surface area contributed by atoms with Crippen LogP contribution in [0.2, 0.25) is 0 Å². The average Bonchev–Trinajstić information content (AvgIpc) is 3.05. The Labute approximate surface area is 150 Å². The van der Waals surface area contributed by atoms with Crippen molar-refractivity contribution in [2.75, 3.05) is 14.1 Å². The van der Waals surface area contributed by atoms with E-state index in [4.69, 9.17) is 0 Å². The third kappa shape index (κ3) is 3.39. The minimum atomic E-state index is -0.289. The normalized spacial score (nSPS) is 10.8. The first kappa shape index (κ1) is 17.5. The van der Waals surface area contributed by atoms with Gasteiger partial charge in [-0.2, -0.15) is 4.98 Å². The molecule has 0 aliphatic carbocycles. The van der Waals surface area contributed by atoms with Gasteiger partial charge in [0.15, 0.2) is 0 Å². The molecule has 0 aliphatic rings. The van der Waals surface area contributed by atoms with Gasteiger partial charge in [0.1, 0.15) is 0 Å². The van der Waals surface area contributed by atoms with Gasteiger partial charge in [-0.1, -0.05) is 12.1 Å². The highest BCUT2D eigenvalue weighted by Gasteiger charge is 2.19. The largest absolute Gasteiger partial charge is 0.355 e. The summed E-state index contributed by atoms with van der Waals surface area (Å²) in [5, 5.41) is 6.84. The minimum absolute atomic E-state index is 0.107. The highest BCUT2D eigenvalue weighted by molar-refractivity contribution is 5.94. The fourth-order valence-electron chi connectivity index (χ4n) is 2.68. The van der Waals surface area contributed by atoms with Gasteiger partial charge in [0.05, 0.1) is 0 Å². The van der Waals surface area contributed by atoms with Gasteiger partial charge >= 0.3 is 0 Å². The van der Waals surface area contributed by atoms with Crippen molar-refractivity contribution < 1.29 is 9.59 Å². The van der Waals surface area contributed by atoms with Crippen LogP contribution in [-0.2, 0) is 6.54 Å². The molecule has 0 unspecified atom stereocenters. The third-order valence-electron chi connectivity index (χ3n) is 4.02. The molecule has 0 bridgehead atoms. The van der Waals surface area contributed by atoms with Crippen molar-refractivity contribution in [3.63, 3.8) is 0 Å². The fourth-order valence-corrected chi connectivity index (χ4v) is 2.68. The molecule has 0 spiro atoms. The quantitative estimate of drug-likeness (QED) is 0.766. The van der Waals surface area contributed by atoms with Crippen LogP contribution in [0.5, 0.6) is 0 Å². The summed E-state index contributed by atoms with van der Waals surface area (Å²) in [5.41, 5.74) is 3.17. The van der Waals surface area contributed by atoms with Crippen LogP contribution < -0.4 is 5.32 Å². The highest BCUT2D eigenvalue weighted by Crippen LogP contribution is 2.10. The Bertz CT molecular complexity index is 977. The topological polar surface area (TPSA) is 92.5 Å². The van der Waals surface area contributed by atoms with E-state index in [0.717, 1.165) is 17.0 Å². The third-order valence-corrected chi connectivity index (χ3v) is 4.02. The van der Waals surface area contributed by atoms with Crippen LogP contribution in [0.15, 0.2) is 30.3 Å². The molecule has 0 radical (unpaired) electrons. The van der Waals surface area contributed by atoms with Gasteiger partial charge in [-0.05, 0) is 37.6 Å². The predicted molar refractivity (Wildman–Crippen MR) is 95.9 cm³/mol. The maximum atomic E-state index is 12.6. The van der Waals surface area contributed by atoms with E-state index in [1.807, 2.05) is 32.0 Å². The molecule has 8 nitrogen and oxygen atoms in total. The number of nitrogens with zero attached hydrogens (tertiary/aromatic N) is 5. The Kier molecular flexibility index (Phi) is 4.66. The number of nitrogens with one attached hydrogen (secondary N) is 1. The van der Waals surface area contributed by atoms with E-state index in [9.17, 15) is 9.59 Å². The Hall–Kier alpha value is -3.29. The fraction of sp³-hybridized carbons (Fsp3) is 0.278. The number of benzene rings is 1. The van der Waals surface area contributed by atoms with Crippen LogP contribution in [0.1, 0.15) is 37.9 Å². The van der Waals surface area contributed by atoms with Gasteiger partial charge in [-0.3, -0.25) is 9.59 Å². The summed E-state index contributed by atoms with van der Waals surface area (Å²) in [5.74, 6) is 0.0841. The van der Waals surface area contributed by atoms with Gasteiger partial charge in [-0.15, -0.1) is 5.10 Å². The lowest BCUT2D eigenvalue weighted by Gasteiger charge is -2.15. The first-order valence-electron chi connectivity index (χ1n) is 8.16. The second-order valence-corrected chi connectivity index (χ2v) is 6.12. The predicted octanol–water partition coefficient (Wildman–Crippen LogP) is 1.37. The number of rotatable bonds is 4. The second kappa shape index (κ2) is 6.91. The van der Waals surface area contributed by atoms with Crippen molar-refractivity contribution in [2.24, 2.45) is 0 Å². The van der Waals surface area contributed by atoms with Gasteiger partial charge in [0, 0.05) is 37.6 Å². The summed E-state index contributed by atoms with van der Waals surface area (Å²) in [4.78, 5) is 34.3. The minimum Gasteiger partial charge on any atom is -0.355 e. The Balaban J connectivity index is 1.77. The van der Waals surface area contributed by atoms with Crippen molar-refractivity contribution in [3.8, 4) is 0 Å². The van der Waals surface area contributed by atoms with Crippen molar-refractivity contribution in [1.82, 2.24) is 29.8 Å². The zero-order valence-electron chi connectivity index (χ0n) is 15.1. The molecule has 0 aliphatic heterocycles. The maximum Gasteiger partial charge on any atom is 0.293 e. The van der Waals surface area contributed by atoms with E-state index in [1.54, 1.807) is 30.7 Å². The Morgan fingerprint density at radius 3 is 2.50 bits per heavy atom. The van der Waals surface area contributed by atoms with Crippen LogP contribution in [0.25, 0.3) is 5.78 Å². The summed E-state index contributed by atoms with van der Waals surface area (Å²) >= 11 is 0. The van der Waals surface area contributed by atoms with Crippen molar-refractivity contribution in [1.29, 1.82) is 0 Å². The first-order chi connectivity index (χ1) is 12.4.